The summed E-state index contributed by atoms with van der Waals surface area (Å²) < 4.78 is 1.87. The minimum absolute atomic E-state index is 0.0298. The number of anilines is 2. The van der Waals surface area contributed by atoms with Crippen LogP contribution in [0.15, 0.2) is 30.3 Å². The van der Waals surface area contributed by atoms with Crippen LogP contribution in [0.3, 0.4) is 0 Å². The van der Waals surface area contributed by atoms with Crippen LogP contribution < -0.4 is 10.2 Å². The molecule has 3 aromatic rings. The summed E-state index contributed by atoms with van der Waals surface area (Å²) >= 11 is 0. The van der Waals surface area contributed by atoms with Crippen LogP contribution in [0.25, 0.3) is 5.65 Å². The largest absolute Gasteiger partial charge is 0.370 e. The molecule has 1 aliphatic rings. The zero-order chi connectivity index (χ0) is 19.7. The Bertz CT molecular complexity index is 1020. The van der Waals surface area contributed by atoms with Gasteiger partial charge < -0.3 is 10.2 Å². The number of amides is 1. The van der Waals surface area contributed by atoms with E-state index in [-0.39, 0.29) is 5.91 Å². The van der Waals surface area contributed by atoms with E-state index in [0.29, 0.717) is 12.8 Å². The average Bonchev–Trinajstić information content (AvgIpc) is 3.31. The van der Waals surface area contributed by atoms with Crippen molar-refractivity contribution in [3.63, 3.8) is 0 Å². The number of aromatic nitrogens is 3. The van der Waals surface area contributed by atoms with Gasteiger partial charge in [-0.05, 0) is 57.7 Å². The molecule has 0 radical (unpaired) electrons. The third-order valence-electron chi connectivity index (χ3n) is 5.51. The monoisotopic (exact) mass is 377 g/mol. The molecule has 6 heteroatoms. The van der Waals surface area contributed by atoms with Crippen molar-refractivity contribution in [1.29, 1.82) is 0 Å². The van der Waals surface area contributed by atoms with Gasteiger partial charge in [-0.3, -0.25) is 4.79 Å². The summed E-state index contributed by atoms with van der Waals surface area (Å²) in [4.78, 5) is 19.7. The van der Waals surface area contributed by atoms with Gasteiger partial charge in [0.05, 0.1) is 17.1 Å². The van der Waals surface area contributed by atoms with Gasteiger partial charge in [-0.2, -0.15) is 5.10 Å². The minimum Gasteiger partial charge on any atom is -0.370 e. The molecule has 2 aromatic heterocycles. The topological polar surface area (TPSA) is 62.5 Å². The van der Waals surface area contributed by atoms with Crippen LogP contribution >= 0.6 is 0 Å². The first-order valence-electron chi connectivity index (χ1n) is 9.99. The number of rotatable bonds is 5. The van der Waals surface area contributed by atoms with Gasteiger partial charge >= 0.3 is 0 Å². The van der Waals surface area contributed by atoms with Crippen molar-refractivity contribution in [2.24, 2.45) is 0 Å². The Hall–Kier alpha value is -2.89. The Kier molecular flexibility index (Phi) is 5.03. The zero-order valence-electron chi connectivity index (χ0n) is 16.8. The Morgan fingerprint density at radius 3 is 2.68 bits per heavy atom. The lowest BCUT2D eigenvalue weighted by Crippen LogP contribution is -2.21. The molecule has 146 valence electrons. The summed E-state index contributed by atoms with van der Waals surface area (Å²) in [7, 11) is 0. The first-order chi connectivity index (χ1) is 13.5. The summed E-state index contributed by atoms with van der Waals surface area (Å²) in [5.74, 6) is 0.0298. The molecule has 6 nitrogen and oxygen atoms in total. The van der Waals surface area contributed by atoms with Crippen LogP contribution in [0, 0.1) is 20.8 Å². The summed E-state index contributed by atoms with van der Waals surface area (Å²) in [5.41, 5.74) is 6.95. The van der Waals surface area contributed by atoms with Gasteiger partial charge in [0.2, 0.25) is 5.91 Å². The van der Waals surface area contributed by atoms with E-state index in [0.717, 1.165) is 52.8 Å². The van der Waals surface area contributed by atoms with Gasteiger partial charge in [0.1, 0.15) is 0 Å². The van der Waals surface area contributed by atoms with Crippen LogP contribution in [0.1, 0.15) is 41.9 Å². The number of fused-ring (bicyclic) bond motifs is 1. The van der Waals surface area contributed by atoms with E-state index in [4.69, 9.17) is 0 Å². The molecule has 3 heterocycles. The standard InChI is InChI=1S/C22H27N5O/c1-15-14-21-23-16(2)18(17(3)27(21)25-15)10-11-22(28)24-19-8-4-5-9-20(19)26-12-6-7-13-26/h4-5,8-9,14H,6-7,10-13H2,1-3H3,(H,24,28). The molecule has 0 unspecified atom stereocenters. The van der Waals surface area contributed by atoms with Crippen molar-refractivity contribution in [2.45, 2.75) is 46.5 Å². The first-order valence-corrected chi connectivity index (χ1v) is 9.99. The van der Waals surface area contributed by atoms with Crippen molar-refractivity contribution in [2.75, 3.05) is 23.3 Å². The second-order valence-corrected chi connectivity index (χ2v) is 7.58. The maximum atomic E-state index is 12.7. The molecule has 1 saturated heterocycles. The van der Waals surface area contributed by atoms with Gasteiger partial charge in [-0.25, -0.2) is 9.50 Å². The van der Waals surface area contributed by atoms with Crippen molar-refractivity contribution in [3.05, 3.63) is 53.0 Å². The van der Waals surface area contributed by atoms with Crippen molar-refractivity contribution < 1.29 is 4.79 Å². The van der Waals surface area contributed by atoms with Gasteiger partial charge in [-0.1, -0.05) is 12.1 Å². The first kappa shape index (κ1) is 18.5. The SMILES string of the molecule is Cc1cc2nc(C)c(CCC(=O)Nc3ccccc3N3CCCC3)c(C)n2n1. The molecule has 1 N–H and O–H groups in total. The normalized spacial score (nSPS) is 14.0. The molecule has 1 aliphatic heterocycles. The molecule has 0 spiro atoms. The Labute approximate surface area is 165 Å². The van der Waals surface area contributed by atoms with Gasteiger partial charge in [0.25, 0.3) is 0 Å². The second kappa shape index (κ2) is 7.62. The Morgan fingerprint density at radius 1 is 1.14 bits per heavy atom. The van der Waals surface area contributed by atoms with E-state index in [1.807, 2.05) is 49.6 Å². The summed E-state index contributed by atoms with van der Waals surface area (Å²) in [6.07, 6.45) is 3.49. The van der Waals surface area contributed by atoms with Crippen molar-refractivity contribution in [1.82, 2.24) is 14.6 Å². The molecule has 4 rings (SSSR count). The fourth-order valence-electron chi connectivity index (χ4n) is 4.07. The Morgan fingerprint density at radius 2 is 1.89 bits per heavy atom. The van der Waals surface area contributed by atoms with Crippen molar-refractivity contribution in [3.8, 4) is 0 Å². The molecule has 0 bridgehead atoms. The van der Waals surface area contributed by atoms with Gasteiger partial charge in [0, 0.05) is 37.0 Å². The van der Waals surface area contributed by atoms with Crippen LogP contribution in [-0.2, 0) is 11.2 Å². The molecule has 1 aromatic carbocycles. The highest BCUT2D eigenvalue weighted by atomic mass is 16.1. The molecular weight excluding hydrogens is 350 g/mol. The molecule has 28 heavy (non-hydrogen) atoms. The number of nitrogens with zero attached hydrogens (tertiary/aromatic N) is 4. The number of hydrogen-bond donors (Lipinski definition) is 1. The minimum atomic E-state index is 0.0298. The number of carbonyl (C=O) groups is 1. The number of para-hydroxylation sites is 2. The summed E-state index contributed by atoms with van der Waals surface area (Å²) in [6.45, 7) is 8.13. The fourth-order valence-corrected chi connectivity index (χ4v) is 4.07. The highest BCUT2D eigenvalue weighted by Gasteiger charge is 2.17. The smallest absolute Gasteiger partial charge is 0.224 e. The lowest BCUT2D eigenvalue weighted by atomic mass is 10.1. The third kappa shape index (κ3) is 3.59. The van der Waals surface area contributed by atoms with E-state index in [1.54, 1.807) is 0 Å². The average molecular weight is 377 g/mol. The third-order valence-corrected chi connectivity index (χ3v) is 5.51. The Balaban J connectivity index is 1.48. The van der Waals surface area contributed by atoms with Crippen LogP contribution in [-0.4, -0.2) is 33.6 Å². The maximum absolute atomic E-state index is 12.7. The van der Waals surface area contributed by atoms with E-state index < -0.39 is 0 Å². The molecule has 0 atom stereocenters. The predicted octanol–water partition coefficient (Wildman–Crippen LogP) is 3.83. The lowest BCUT2D eigenvalue weighted by molar-refractivity contribution is -0.116. The van der Waals surface area contributed by atoms with Crippen LogP contribution in [0.5, 0.6) is 0 Å². The van der Waals surface area contributed by atoms with Crippen molar-refractivity contribution >= 4 is 22.9 Å². The number of aryl methyl sites for hydroxylation is 3. The molecule has 1 amide bonds. The van der Waals surface area contributed by atoms with Crippen LogP contribution in [0.4, 0.5) is 11.4 Å². The number of nitrogens with one attached hydrogen (secondary N) is 1. The zero-order valence-corrected chi connectivity index (χ0v) is 16.8. The maximum Gasteiger partial charge on any atom is 0.224 e. The summed E-state index contributed by atoms with van der Waals surface area (Å²) in [6, 6.07) is 10.1. The van der Waals surface area contributed by atoms with E-state index in [9.17, 15) is 4.79 Å². The quantitative estimate of drug-likeness (QED) is 0.734. The molecule has 0 aliphatic carbocycles. The highest BCUT2D eigenvalue weighted by Crippen LogP contribution is 2.29. The predicted molar refractivity (Wildman–Crippen MR) is 112 cm³/mol. The lowest BCUT2D eigenvalue weighted by Gasteiger charge is -2.21. The van der Waals surface area contributed by atoms with E-state index >= 15 is 0 Å². The molecule has 1 fully saturated rings. The van der Waals surface area contributed by atoms with E-state index in [2.05, 4.69) is 26.4 Å². The van der Waals surface area contributed by atoms with Crippen LogP contribution in [0.2, 0.25) is 0 Å². The molecule has 0 saturated carbocycles. The van der Waals surface area contributed by atoms with Gasteiger partial charge in [-0.15, -0.1) is 0 Å². The number of carbonyl (C=O) groups excluding carboxylic acids is 1. The van der Waals surface area contributed by atoms with E-state index in [1.165, 1.54) is 12.8 Å². The highest BCUT2D eigenvalue weighted by molar-refractivity contribution is 5.94. The second-order valence-electron chi connectivity index (χ2n) is 7.58. The molecular formula is C22H27N5O. The summed E-state index contributed by atoms with van der Waals surface area (Å²) in [5, 5.41) is 7.63. The fraction of sp³-hybridized carbons (Fsp3) is 0.409. The number of benzene rings is 1. The van der Waals surface area contributed by atoms with Gasteiger partial charge in [0.15, 0.2) is 5.65 Å². The number of hydrogen-bond acceptors (Lipinski definition) is 4.